The third-order valence-corrected chi connectivity index (χ3v) is 4.07. The van der Waals surface area contributed by atoms with Gasteiger partial charge in [-0.2, -0.15) is 0 Å². The molecule has 1 amide bonds. The van der Waals surface area contributed by atoms with Gasteiger partial charge in [0.2, 0.25) is 5.91 Å². The van der Waals surface area contributed by atoms with Crippen LogP contribution in [0.2, 0.25) is 0 Å². The SMILES string of the molecule is CCOC(=O)C1CCC(NC(=O)C2CCCN2)CC1.Cl. The molecule has 2 fully saturated rings. The smallest absolute Gasteiger partial charge is 0.308 e. The van der Waals surface area contributed by atoms with Gasteiger partial charge in [0.15, 0.2) is 0 Å². The van der Waals surface area contributed by atoms with Crippen LogP contribution in [0.15, 0.2) is 0 Å². The molecule has 2 rings (SSSR count). The lowest BCUT2D eigenvalue weighted by Gasteiger charge is -2.28. The van der Waals surface area contributed by atoms with Crippen LogP contribution in [0.3, 0.4) is 0 Å². The monoisotopic (exact) mass is 304 g/mol. The van der Waals surface area contributed by atoms with Crippen LogP contribution in [-0.4, -0.2) is 37.1 Å². The summed E-state index contributed by atoms with van der Waals surface area (Å²) in [4.78, 5) is 23.6. The van der Waals surface area contributed by atoms with Crippen LogP contribution in [0, 0.1) is 5.92 Å². The van der Waals surface area contributed by atoms with Gasteiger partial charge in [0.1, 0.15) is 0 Å². The maximum absolute atomic E-state index is 12.0. The van der Waals surface area contributed by atoms with Crippen molar-refractivity contribution in [2.24, 2.45) is 5.92 Å². The summed E-state index contributed by atoms with van der Waals surface area (Å²) in [5.41, 5.74) is 0. The number of ether oxygens (including phenoxy) is 1. The fourth-order valence-electron chi connectivity index (χ4n) is 2.94. The maximum atomic E-state index is 12.0. The number of nitrogens with one attached hydrogen (secondary N) is 2. The van der Waals surface area contributed by atoms with E-state index in [4.69, 9.17) is 4.74 Å². The van der Waals surface area contributed by atoms with Crippen LogP contribution in [0.5, 0.6) is 0 Å². The Hall–Kier alpha value is -0.810. The number of amides is 1. The van der Waals surface area contributed by atoms with Gasteiger partial charge in [0, 0.05) is 6.04 Å². The molecule has 0 aromatic heterocycles. The predicted molar refractivity (Wildman–Crippen MR) is 78.8 cm³/mol. The van der Waals surface area contributed by atoms with Gasteiger partial charge < -0.3 is 15.4 Å². The van der Waals surface area contributed by atoms with Crippen molar-refractivity contribution in [1.82, 2.24) is 10.6 Å². The van der Waals surface area contributed by atoms with Crippen LogP contribution < -0.4 is 10.6 Å². The molecular formula is C14H25ClN2O3. The van der Waals surface area contributed by atoms with Crippen LogP contribution in [0.25, 0.3) is 0 Å². The van der Waals surface area contributed by atoms with Crippen molar-refractivity contribution in [3.63, 3.8) is 0 Å². The van der Waals surface area contributed by atoms with Crippen molar-refractivity contribution in [3.8, 4) is 0 Å². The Balaban J connectivity index is 0.00000200. The van der Waals surface area contributed by atoms with Crippen molar-refractivity contribution >= 4 is 24.3 Å². The summed E-state index contributed by atoms with van der Waals surface area (Å²) in [6, 6.07) is 0.211. The van der Waals surface area contributed by atoms with Crippen LogP contribution in [0.1, 0.15) is 45.4 Å². The molecule has 2 N–H and O–H groups in total. The standard InChI is InChI=1S/C14H24N2O3.ClH/c1-2-19-14(18)10-5-7-11(8-6-10)16-13(17)12-4-3-9-15-12;/h10-12,15H,2-9H2,1H3,(H,16,17);1H. The Kier molecular flexibility index (Phi) is 7.30. The van der Waals surface area contributed by atoms with Gasteiger partial charge >= 0.3 is 5.97 Å². The fourth-order valence-corrected chi connectivity index (χ4v) is 2.94. The number of hydrogen-bond acceptors (Lipinski definition) is 4. The Bertz CT molecular complexity index is 324. The summed E-state index contributed by atoms with van der Waals surface area (Å²) in [7, 11) is 0. The molecule has 1 saturated carbocycles. The van der Waals surface area contributed by atoms with Gasteiger partial charge in [-0.05, 0) is 52.0 Å². The second kappa shape index (κ2) is 8.47. The quantitative estimate of drug-likeness (QED) is 0.771. The topological polar surface area (TPSA) is 67.4 Å². The molecule has 2 aliphatic rings. The van der Waals surface area contributed by atoms with E-state index in [0.29, 0.717) is 6.61 Å². The van der Waals surface area contributed by atoms with E-state index in [1.54, 1.807) is 0 Å². The molecule has 20 heavy (non-hydrogen) atoms. The predicted octanol–water partition coefficient (Wildman–Crippen LogP) is 1.40. The number of hydrogen-bond donors (Lipinski definition) is 2. The van der Waals surface area contributed by atoms with Gasteiger partial charge in [-0.25, -0.2) is 0 Å². The molecule has 1 atom stereocenters. The van der Waals surface area contributed by atoms with E-state index in [0.717, 1.165) is 45.1 Å². The van der Waals surface area contributed by atoms with Gasteiger partial charge in [0.05, 0.1) is 18.6 Å². The first kappa shape index (κ1) is 17.2. The van der Waals surface area contributed by atoms with Gasteiger partial charge in [-0.15, -0.1) is 12.4 Å². The van der Waals surface area contributed by atoms with Crippen LogP contribution >= 0.6 is 12.4 Å². The molecule has 1 unspecified atom stereocenters. The molecule has 1 aliphatic carbocycles. The average Bonchev–Trinajstić information content (AvgIpc) is 2.94. The van der Waals surface area contributed by atoms with E-state index in [-0.39, 0.29) is 42.3 Å². The Morgan fingerprint density at radius 1 is 1.20 bits per heavy atom. The lowest BCUT2D eigenvalue weighted by molar-refractivity contribution is -0.149. The molecule has 1 aliphatic heterocycles. The summed E-state index contributed by atoms with van der Waals surface area (Å²) in [6.45, 7) is 3.22. The summed E-state index contributed by atoms with van der Waals surface area (Å²) in [5.74, 6) is 0.0690. The molecule has 0 spiro atoms. The lowest BCUT2D eigenvalue weighted by Crippen LogP contribution is -2.46. The summed E-state index contributed by atoms with van der Waals surface area (Å²) < 4.78 is 5.04. The Morgan fingerprint density at radius 2 is 1.90 bits per heavy atom. The second-order valence-corrected chi connectivity index (χ2v) is 5.46. The Morgan fingerprint density at radius 3 is 2.45 bits per heavy atom. The third kappa shape index (κ3) is 4.63. The zero-order valence-electron chi connectivity index (χ0n) is 12.0. The summed E-state index contributed by atoms with van der Waals surface area (Å²) >= 11 is 0. The first-order valence-corrected chi connectivity index (χ1v) is 7.41. The molecule has 0 bridgehead atoms. The lowest BCUT2D eigenvalue weighted by atomic mass is 9.86. The van der Waals surface area contributed by atoms with Crippen molar-refractivity contribution in [1.29, 1.82) is 0 Å². The van der Waals surface area contributed by atoms with E-state index < -0.39 is 0 Å². The summed E-state index contributed by atoms with van der Waals surface area (Å²) in [6.07, 6.45) is 5.41. The van der Waals surface area contributed by atoms with Gasteiger partial charge in [-0.1, -0.05) is 0 Å². The summed E-state index contributed by atoms with van der Waals surface area (Å²) in [5, 5.41) is 6.30. The highest BCUT2D eigenvalue weighted by atomic mass is 35.5. The number of carbonyl (C=O) groups is 2. The molecule has 0 aromatic rings. The number of carbonyl (C=O) groups excluding carboxylic acids is 2. The molecule has 6 heteroatoms. The zero-order valence-corrected chi connectivity index (χ0v) is 12.8. The van der Waals surface area contributed by atoms with Crippen molar-refractivity contribution in [2.75, 3.05) is 13.2 Å². The minimum atomic E-state index is -0.0789. The Labute approximate surface area is 126 Å². The average molecular weight is 305 g/mol. The maximum Gasteiger partial charge on any atom is 0.308 e. The molecule has 5 nitrogen and oxygen atoms in total. The van der Waals surface area contributed by atoms with E-state index in [9.17, 15) is 9.59 Å². The van der Waals surface area contributed by atoms with E-state index >= 15 is 0 Å². The largest absolute Gasteiger partial charge is 0.466 e. The highest BCUT2D eigenvalue weighted by Crippen LogP contribution is 2.25. The first-order valence-electron chi connectivity index (χ1n) is 7.41. The van der Waals surface area contributed by atoms with E-state index in [2.05, 4.69) is 10.6 Å². The van der Waals surface area contributed by atoms with E-state index in [1.165, 1.54) is 0 Å². The van der Waals surface area contributed by atoms with Gasteiger partial charge in [-0.3, -0.25) is 9.59 Å². The number of esters is 1. The molecule has 1 heterocycles. The second-order valence-electron chi connectivity index (χ2n) is 5.46. The highest BCUT2D eigenvalue weighted by molar-refractivity contribution is 5.85. The molecular weight excluding hydrogens is 280 g/mol. The number of rotatable bonds is 4. The van der Waals surface area contributed by atoms with Crippen LogP contribution in [0.4, 0.5) is 0 Å². The molecule has 0 aromatic carbocycles. The molecule has 116 valence electrons. The van der Waals surface area contributed by atoms with Gasteiger partial charge in [0.25, 0.3) is 0 Å². The molecule has 1 saturated heterocycles. The first-order chi connectivity index (χ1) is 9.20. The highest BCUT2D eigenvalue weighted by Gasteiger charge is 2.30. The van der Waals surface area contributed by atoms with Crippen molar-refractivity contribution < 1.29 is 14.3 Å². The van der Waals surface area contributed by atoms with Crippen LogP contribution in [-0.2, 0) is 14.3 Å². The fraction of sp³-hybridized carbons (Fsp3) is 0.857. The van der Waals surface area contributed by atoms with Crippen molar-refractivity contribution in [3.05, 3.63) is 0 Å². The molecule has 0 radical (unpaired) electrons. The normalized spacial score (nSPS) is 29.4. The minimum absolute atomic E-state index is 0. The number of halogens is 1. The van der Waals surface area contributed by atoms with E-state index in [1.807, 2.05) is 6.92 Å². The zero-order chi connectivity index (χ0) is 13.7. The minimum Gasteiger partial charge on any atom is -0.466 e. The third-order valence-electron chi connectivity index (χ3n) is 4.07. The van der Waals surface area contributed by atoms with Crippen molar-refractivity contribution in [2.45, 2.75) is 57.5 Å².